The molecule has 0 amide bonds. The van der Waals surface area contributed by atoms with Gasteiger partial charge in [0, 0.05) is 0 Å². The van der Waals surface area contributed by atoms with Gasteiger partial charge in [0.05, 0.1) is 0 Å². The van der Waals surface area contributed by atoms with E-state index in [9.17, 15) is 13.6 Å². The van der Waals surface area contributed by atoms with E-state index in [4.69, 9.17) is 0 Å². The van der Waals surface area contributed by atoms with Crippen molar-refractivity contribution in [3.05, 3.63) is 60.2 Å². The molecule has 0 bridgehead atoms. The average molecular weight is 250 g/mol. The van der Waals surface area contributed by atoms with E-state index >= 15 is 0 Å². The first kappa shape index (κ1) is 12.0. The Bertz CT molecular complexity index is 520. The van der Waals surface area contributed by atoms with E-state index in [2.05, 4.69) is 9.47 Å². The van der Waals surface area contributed by atoms with Crippen molar-refractivity contribution in [1.29, 1.82) is 0 Å². The minimum absolute atomic E-state index is 0.279. The van der Waals surface area contributed by atoms with E-state index in [1.165, 1.54) is 36.4 Å². The molecule has 0 fully saturated rings. The minimum Gasteiger partial charge on any atom is -0.392 e. The fourth-order valence-corrected chi connectivity index (χ4v) is 1.26. The summed E-state index contributed by atoms with van der Waals surface area (Å²) in [7, 11) is 0. The lowest BCUT2D eigenvalue weighted by atomic mass is 10.3. The van der Waals surface area contributed by atoms with Gasteiger partial charge < -0.3 is 9.47 Å². The number of carbonyl (C=O) groups excluding carboxylic acids is 1. The molecule has 0 radical (unpaired) electrons. The molecule has 0 aliphatic rings. The third-order valence-electron chi connectivity index (χ3n) is 2.06. The van der Waals surface area contributed by atoms with Crippen molar-refractivity contribution in [1.82, 2.24) is 0 Å². The fourth-order valence-electron chi connectivity index (χ4n) is 1.26. The number of benzene rings is 2. The van der Waals surface area contributed by atoms with Gasteiger partial charge in [-0.25, -0.2) is 13.6 Å². The molecular formula is C13H8F2O3. The van der Waals surface area contributed by atoms with Crippen LogP contribution in [-0.4, -0.2) is 6.16 Å². The van der Waals surface area contributed by atoms with E-state index in [0.717, 1.165) is 12.1 Å². The van der Waals surface area contributed by atoms with Crippen LogP contribution in [0.25, 0.3) is 0 Å². The van der Waals surface area contributed by atoms with Crippen LogP contribution in [0, 0.1) is 11.6 Å². The Labute approximate surface area is 102 Å². The zero-order valence-corrected chi connectivity index (χ0v) is 9.10. The number of rotatable bonds is 2. The molecule has 92 valence electrons. The lowest BCUT2D eigenvalue weighted by Crippen LogP contribution is -2.15. The molecule has 0 spiro atoms. The molecule has 0 aliphatic carbocycles. The van der Waals surface area contributed by atoms with Gasteiger partial charge in [-0.1, -0.05) is 24.3 Å². The zero-order valence-electron chi connectivity index (χ0n) is 9.10. The molecule has 0 unspecified atom stereocenters. The van der Waals surface area contributed by atoms with Crippen LogP contribution >= 0.6 is 0 Å². The summed E-state index contributed by atoms with van der Waals surface area (Å²) in [5, 5.41) is 0. The second-order valence-electron chi connectivity index (χ2n) is 3.31. The van der Waals surface area contributed by atoms with Crippen LogP contribution in [0.5, 0.6) is 11.5 Å². The quantitative estimate of drug-likeness (QED) is 0.604. The number of halogens is 2. The largest absolute Gasteiger partial charge is 0.519 e. The molecule has 0 aromatic heterocycles. The molecule has 5 heteroatoms. The van der Waals surface area contributed by atoms with Crippen molar-refractivity contribution in [2.45, 2.75) is 0 Å². The van der Waals surface area contributed by atoms with Gasteiger partial charge in [0.2, 0.25) is 0 Å². The van der Waals surface area contributed by atoms with Gasteiger partial charge in [0.25, 0.3) is 0 Å². The van der Waals surface area contributed by atoms with Crippen molar-refractivity contribution in [3.8, 4) is 11.5 Å². The number of ether oxygens (including phenoxy) is 2. The summed E-state index contributed by atoms with van der Waals surface area (Å²) >= 11 is 0. The van der Waals surface area contributed by atoms with Gasteiger partial charge in [-0.2, -0.15) is 0 Å². The Morgan fingerprint density at radius 3 is 1.56 bits per heavy atom. The van der Waals surface area contributed by atoms with E-state index in [0.29, 0.717) is 0 Å². The molecule has 2 rings (SSSR count). The molecule has 2 aromatic carbocycles. The van der Waals surface area contributed by atoms with E-state index in [1.54, 1.807) is 0 Å². The molecule has 3 nitrogen and oxygen atoms in total. The van der Waals surface area contributed by atoms with Crippen molar-refractivity contribution in [2.24, 2.45) is 0 Å². The van der Waals surface area contributed by atoms with Gasteiger partial charge in [-0.3, -0.25) is 0 Å². The van der Waals surface area contributed by atoms with Crippen LogP contribution in [0.1, 0.15) is 0 Å². The van der Waals surface area contributed by atoms with E-state index in [1.807, 2.05) is 0 Å². The molecular weight excluding hydrogens is 242 g/mol. The topological polar surface area (TPSA) is 35.5 Å². The van der Waals surface area contributed by atoms with Crippen molar-refractivity contribution < 1.29 is 23.0 Å². The minimum atomic E-state index is -1.20. The van der Waals surface area contributed by atoms with Crippen LogP contribution < -0.4 is 9.47 Å². The molecule has 0 atom stereocenters. The summed E-state index contributed by atoms with van der Waals surface area (Å²) in [4.78, 5) is 11.3. The zero-order chi connectivity index (χ0) is 13.0. The molecule has 0 aliphatic heterocycles. The maximum atomic E-state index is 13.2. The maximum Gasteiger partial charge on any atom is 0.519 e. The Balaban J connectivity index is 2.06. The summed E-state index contributed by atoms with van der Waals surface area (Å²) in [5.74, 6) is -1.97. The van der Waals surface area contributed by atoms with Crippen LogP contribution in [0.2, 0.25) is 0 Å². The second kappa shape index (κ2) is 5.27. The monoisotopic (exact) mass is 250 g/mol. The average Bonchev–Trinajstić information content (AvgIpc) is 2.35. The SMILES string of the molecule is O=C(Oc1ccccc1F)Oc1ccccc1F. The molecule has 0 N–H and O–H groups in total. The predicted molar refractivity (Wildman–Crippen MR) is 59.5 cm³/mol. The molecule has 0 saturated carbocycles. The van der Waals surface area contributed by atoms with Crippen molar-refractivity contribution >= 4 is 6.16 Å². The summed E-state index contributed by atoms with van der Waals surface area (Å²) in [6, 6.07) is 10.7. The highest BCUT2D eigenvalue weighted by molar-refractivity contribution is 5.67. The first-order chi connectivity index (χ1) is 8.66. The first-order valence-corrected chi connectivity index (χ1v) is 5.05. The number of hydrogen-bond donors (Lipinski definition) is 0. The fraction of sp³-hybridized carbons (Fsp3) is 0. The van der Waals surface area contributed by atoms with Gasteiger partial charge in [0.15, 0.2) is 23.1 Å². The third kappa shape index (κ3) is 2.82. The Kier molecular flexibility index (Phi) is 3.52. The summed E-state index contributed by atoms with van der Waals surface area (Å²) in [5.41, 5.74) is 0. The third-order valence-corrected chi connectivity index (χ3v) is 2.06. The highest BCUT2D eigenvalue weighted by Crippen LogP contribution is 2.19. The van der Waals surface area contributed by atoms with Crippen LogP contribution in [0.15, 0.2) is 48.5 Å². The van der Waals surface area contributed by atoms with Crippen LogP contribution in [-0.2, 0) is 0 Å². The Morgan fingerprint density at radius 2 is 1.17 bits per heavy atom. The maximum absolute atomic E-state index is 13.2. The lowest BCUT2D eigenvalue weighted by Gasteiger charge is -2.06. The first-order valence-electron chi connectivity index (χ1n) is 5.05. The number of hydrogen-bond acceptors (Lipinski definition) is 3. The van der Waals surface area contributed by atoms with E-state index < -0.39 is 17.8 Å². The summed E-state index contributed by atoms with van der Waals surface area (Å²) < 4.78 is 35.5. The van der Waals surface area contributed by atoms with Crippen molar-refractivity contribution in [2.75, 3.05) is 0 Å². The molecule has 0 saturated heterocycles. The normalized spacial score (nSPS) is 9.89. The Morgan fingerprint density at radius 1 is 0.778 bits per heavy atom. The van der Waals surface area contributed by atoms with Gasteiger partial charge in [-0.15, -0.1) is 0 Å². The Hall–Kier alpha value is -2.43. The van der Waals surface area contributed by atoms with Gasteiger partial charge >= 0.3 is 6.16 Å². The van der Waals surface area contributed by atoms with E-state index in [-0.39, 0.29) is 11.5 Å². The predicted octanol–water partition coefficient (Wildman–Crippen LogP) is 3.54. The smallest absolute Gasteiger partial charge is 0.392 e. The lowest BCUT2D eigenvalue weighted by molar-refractivity contribution is 0.148. The van der Waals surface area contributed by atoms with Crippen LogP contribution in [0.3, 0.4) is 0 Å². The van der Waals surface area contributed by atoms with Crippen LogP contribution in [0.4, 0.5) is 13.6 Å². The molecule has 0 heterocycles. The number of para-hydroxylation sites is 2. The summed E-state index contributed by atoms with van der Waals surface area (Å²) in [6.07, 6.45) is -1.20. The second-order valence-corrected chi connectivity index (χ2v) is 3.31. The summed E-state index contributed by atoms with van der Waals surface area (Å²) in [6.45, 7) is 0. The highest BCUT2D eigenvalue weighted by Gasteiger charge is 2.13. The van der Waals surface area contributed by atoms with Gasteiger partial charge in [-0.05, 0) is 24.3 Å². The highest BCUT2D eigenvalue weighted by atomic mass is 19.1. The van der Waals surface area contributed by atoms with Crippen molar-refractivity contribution in [3.63, 3.8) is 0 Å². The standard InChI is InChI=1S/C13H8F2O3/c14-9-5-1-3-7-11(9)17-13(16)18-12-8-4-2-6-10(12)15/h1-8H. The number of carbonyl (C=O) groups is 1. The molecule has 2 aromatic rings. The van der Waals surface area contributed by atoms with Gasteiger partial charge in [0.1, 0.15) is 0 Å². The molecule has 18 heavy (non-hydrogen) atoms.